The Morgan fingerprint density at radius 1 is 1.08 bits per heavy atom. The number of esters is 1. The molecule has 1 aromatic carbocycles. The molecule has 0 unspecified atom stereocenters. The molecule has 25 heavy (non-hydrogen) atoms. The highest BCUT2D eigenvalue weighted by Crippen LogP contribution is 2.19. The van der Waals surface area contributed by atoms with E-state index in [1.165, 1.54) is 32.8 Å². The van der Waals surface area contributed by atoms with Crippen LogP contribution >= 0.6 is 0 Å². The van der Waals surface area contributed by atoms with Crippen molar-refractivity contribution in [2.45, 2.75) is 65.3 Å². The third kappa shape index (κ3) is 4.71. The molecule has 2 rings (SSSR count). The molecular weight excluding hydrogens is 314 g/mol. The van der Waals surface area contributed by atoms with Gasteiger partial charge in [-0.15, -0.1) is 0 Å². The number of hydrogen-bond acceptors (Lipinski definition) is 3. The molecule has 0 bridgehead atoms. The molecule has 0 spiro atoms. The second-order valence-corrected chi connectivity index (χ2v) is 6.60. The number of aromatic nitrogens is 1. The zero-order valence-corrected chi connectivity index (χ0v) is 15.6. The fourth-order valence-electron chi connectivity index (χ4n) is 3.35. The van der Waals surface area contributed by atoms with E-state index < -0.39 is 0 Å². The zero-order chi connectivity index (χ0) is 18.2. The largest absolute Gasteiger partial charge is 0.468 e. The SMILES string of the molecule is CCCCCCCCc1c(C)c(=O)c2ccccc2n1CC(=O)OC. The van der Waals surface area contributed by atoms with Gasteiger partial charge < -0.3 is 9.30 Å². The summed E-state index contributed by atoms with van der Waals surface area (Å²) in [5, 5.41) is 0.663. The van der Waals surface area contributed by atoms with Gasteiger partial charge in [-0.25, -0.2) is 0 Å². The van der Waals surface area contributed by atoms with Gasteiger partial charge in [-0.2, -0.15) is 0 Å². The Balaban J connectivity index is 2.32. The molecule has 0 amide bonds. The van der Waals surface area contributed by atoms with E-state index in [1.54, 1.807) is 0 Å². The zero-order valence-electron chi connectivity index (χ0n) is 15.6. The van der Waals surface area contributed by atoms with E-state index in [1.807, 2.05) is 35.8 Å². The normalized spacial score (nSPS) is 11.0. The second kappa shape index (κ2) is 9.40. The van der Waals surface area contributed by atoms with E-state index in [0.29, 0.717) is 5.39 Å². The molecule has 0 aliphatic rings. The number of unbranched alkanes of at least 4 members (excludes halogenated alkanes) is 5. The summed E-state index contributed by atoms with van der Waals surface area (Å²) in [6.45, 7) is 4.22. The fraction of sp³-hybridized carbons (Fsp3) is 0.524. The van der Waals surface area contributed by atoms with Crippen LogP contribution in [0.4, 0.5) is 0 Å². The summed E-state index contributed by atoms with van der Waals surface area (Å²) in [6, 6.07) is 7.50. The van der Waals surface area contributed by atoms with Crippen LogP contribution in [0.2, 0.25) is 0 Å². The van der Waals surface area contributed by atoms with E-state index in [4.69, 9.17) is 4.74 Å². The molecule has 4 heteroatoms. The first kappa shape index (κ1) is 19.2. The highest BCUT2D eigenvalue weighted by Gasteiger charge is 2.15. The number of hydrogen-bond donors (Lipinski definition) is 0. The van der Waals surface area contributed by atoms with Gasteiger partial charge in [-0.1, -0.05) is 51.2 Å². The van der Waals surface area contributed by atoms with Crippen LogP contribution in [-0.2, 0) is 22.5 Å². The van der Waals surface area contributed by atoms with Crippen molar-refractivity contribution in [1.29, 1.82) is 0 Å². The molecule has 0 aliphatic carbocycles. The summed E-state index contributed by atoms with van der Waals surface area (Å²) >= 11 is 0. The second-order valence-electron chi connectivity index (χ2n) is 6.60. The Bertz CT molecular complexity index is 777. The number of para-hydroxylation sites is 1. The van der Waals surface area contributed by atoms with E-state index in [0.717, 1.165) is 36.0 Å². The van der Waals surface area contributed by atoms with Crippen LogP contribution in [-0.4, -0.2) is 17.6 Å². The van der Waals surface area contributed by atoms with Crippen molar-refractivity contribution in [3.8, 4) is 0 Å². The molecule has 1 aromatic heterocycles. The van der Waals surface area contributed by atoms with Crippen molar-refractivity contribution in [2.75, 3.05) is 7.11 Å². The third-order valence-electron chi connectivity index (χ3n) is 4.82. The molecule has 0 radical (unpaired) electrons. The standard InChI is InChI=1S/C21H29NO3/c1-4-5-6-7-8-9-13-18-16(2)21(24)17-12-10-11-14-19(17)22(18)15-20(23)25-3/h10-12,14H,4-9,13,15H2,1-3H3. The maximum absolute atomic E-state index is 12.7. The Morgan fingerprint density at radius 2 is 1.76 bits per heavy atom. The van der Waals surface area contributed by atoms with Gasteiger partial charge >= 0.3 is 5.97 Å². The number of benzene rings is 1. The fourth-order valence-corrected chi connectivity index (χ4v) is 3.35. The van der Waals surface area contributed by atoms with Crippen molar-refractivity contribution >= 4 is 16.9 Å². The molecule has 0 atom stereocenters. The molecule has 136 valence electrons. The molecule has 0 N–H and O–H groups in total. The summed E-state index contributed by atoms with van der Waals surface area (Å²) in [5.41, 5.74) is 2.59. The van der Waals surface area contributed by atoms with Crippen LogP contribution in [0.1, 0.15) is 56.7 Å². The van der Waals surface area contributed by atoms with Crippen molar-refractivity contribution in [3.63, 3.8) is 0 Å². The molecule has 0 saturated carbocycles. The smallest absolute Gasteiger partial charge is 0.325 e. The third-order valence-corrected chi connectivity index (χ3v) is 4.82. The minimum absolute atomic E-state index is 0.0673. The van der Waals surface area contributed by atoms with Gasteiger partial charge in [0.15, 0.2) is 5.43 Å². The topological polar surface area (TPSA) is 48.3 Å². The lowest BCUT2D eigenvalue weighted by molar-refractivity contribution is -0.141. The highest BCUT2D eigenvalue weighted by atomic mass is 16.5. The van der Waals surface area contributed by atoms with Crippen LogP contribution in [0, 0.1) is 6.92 Å². The average Bonchev–Trinajstić information content (AvgIpc) is 2.64. The minimum atomic E-state index is -0.294. The summed E-state index contributed by atoms with van der Waals surface area (Å²) < 4.78 is 6.82. The molecule has 0 aliphatic heterocycles. The number of rotatable bonds is 9. The van der Waals surface area contributed by atoms with Crippen LogP contribution in [0.15, 0.2) is 29.1 Å². The monoisotopic (exact) mass is 343 g/mol. The van der Waals surface area contributed by atoms with Crippen molar-refractivity contribution < 1.29 is 9.53 Å². The van der Waals surface area contributed by atoms with Gasteiger partial charge in [0.25, 0.3) is 0 Å². The number of fused-ring (bicyclic) bond motifs is 1. The van der Waals surface area contributed by atoms with Crippen molar-refractivity contribution in [3.05, 3.63) is 45.7 Å². The highest BCUT2D eigenvalue weighted by molar-refractivity contribution is 5.82. The molecular formula is C21H29NO3. The van der Waals surface area contributed by atoms with Gasteiger partial charge in [-0.3, -0.25) is 9.59 Å². The lowest BCUT2D eigenvalue weighted by Crippen LogP contribution is -2.22. The number of pyridine rings is 1. The lowest BCUT2D eigenvalue weighted by atomic mass is 10.0. The predicted molar refractivity (Wildman–Crippen MR) is 102 cm³/mol. The van der Waals surface area contributed by atoms with Gasteiger partial charge in [0, 0.05) is 16.6 Å². The van der Waals surface area contributed by atoms with E-state index >= 15 is 0 Å². The van der Waals surface area contributed by atoms with Crippen LogP contribution in [0.5, 0.6) is 0 Å². The van der Waals surface area contributed by atoms with Crippen molar-refractivity contribution in [1.82, 2.24) is 4.57 Å². The molecule has 0 saturated heterocycles. The van der Waals surface area contributed by atoms with E-state index in [-0.39, 0.29) is 17.9 Å². The molecule has 4 nitrogen and oxygen atoms in total. The van der Waals surface area contributed by atoms with Gasteiger partial charge in [-0.05, 0) is 31.9 Å². The first-order valence-electron chi connectivity index (χ1n) is 9.28. The molecule has 1 heterocycles. The number of carbonyl (C=O) groups excluding carboxylic acids is 1. The summed E-state index contributed by atoms with van der Waals surface area (Å²) in [4.78, 5) is 24.6. The van der Waals surface area contributed by atoms with Crippen LogP contribution in [0.3, 0.4) is 0 Å². The molecule has 2 aromatic rings. The average molecular weight is 343 g/mol. The maximum atomic E-state index is 12.7. The maximum Gasteiger partial charge on any atom is 0.325 e. The first-order chi connectivity index (χ1) is 12.1. The van der Waals surface area contributed by atoms with Gasteiger partial charge in [0.1, 0.15) is 6.54 Å². The summed E-state index contributed by atoms with van der Waals surface area (Å²) in [6.07, 6.45) is 8.01. The Morgan fingerprint density at radius 3 is 2.48 bits per heavy atom. The van der Waals surface area contributed by atoms with Crippen LogP contribution < -0.4 is 5.43 Å². The number of ether oxygens (including phenoxy) is 1. The molecule has 0 fully saturated rings. The van der Waals surface area contributed by atoms with Crippen molar-refractivity contribution in [2.24, 2.45) is 0 Å². The Hall–Kier alpha value is -2.10. The summed E-state index contributed by atoms with van der Waals surface area (Å²) in [7, 11) is 1.40. The van der Waals surface area contributed by atoms with Gasteiger partial charge in [0.2, 0.25) is 0 Å². The number of methoxy groups -OCH3 is 1. The first-order valence-corrected chi connectivity index (χ1v) is 9.28. The number of nitrogens with zero attached hydrogens (tertiary/aromatic N) is 1. The van der Waals surface area contributed by atoms with Gasteiger partial charge in [0.05, 0.1) is 12.6 Å². The van der Waals surface area contributed by atoms with Crippen LogP contribution in [0.25, 0.3) is 10.9 Å². The Labute approximate surface area is 149 Å². The number of carbonyl (C=O) groups is 1. The van der Waals surface area contributed by atoms with E-state index in [9.17, 15) is 9.59 Å². The van der Waals surface area contributed by atoms with E-state index in [2.05, 4.69) is 6.92 Å². The quantitative estimate of drug-likeness (QED) is 0.501. The lowest BCUT2D eigenvalue weighted by Gasteiger charge is -2.18. The predicted octanol–water partition coefficient (Wildman–Crippen LogP) is 4.39. The summed E-state index contributed by atoms with van der Waals surface area (Å²) in [5.74, 6) is -0.294. The Kier molecular flexibility index (Phi) is 7.23. The minimum Gasteiger partial charge on any atom is -0.468 e.